The molecule has 2 amide bonds. The van der Waals surface area contributed by atoms with Gasteiger partial charge in [0.05, 0.1) is 6.54 Å². The number of rotatable bonds is 6. The molecule has 0 spiro atoms. The second-order valence-electron chi connectivity index (χ2n) is 6.00. The molecule has 1 saturated heterocycles. The summed E-state index contributed by atoms with van der Waals surface area (Å²) in [6, 6.07) is 10.3. The van der Waals surface area contributed by atoms with Gasteiger partial charge in [-0.2, -0.15) is 0 Å². The Balaban J connectivity index is 0.00000288. The van der Waals surface area contributed by atoms with Crippen LogP contribution in [0.15, 0.2) is 30.3 Å². The lowest BCUT2D eigenvalue weighted by Crippen LogP contribution is -2.51. The van der Waals surface area contributed by atoms with Gasteiger partial charge in [-0.15, -0.1) is 24.8 Å². The zero-order valence-corrected chi connectivity index (χ0v) is 16.2. The van der Waals surface area contributed by atoms with E-state index in [0.717, 1.165) is 19.6 Å². The summed E-state index contributed by atoms with van der Waals surface area (Å²) in [5.74, 6) is -0.448. The topological polar surface area (TPSA) is 78.7 Å². The second kappa shape index (κ2) is 12.1. The maximum absolute atomic E-state index is 12.1. The van der Waals surface area contributed by atoms with Gasteiger partial charge in [0.1, 0.15) is 0 Å². The molecule has 6 nitrogen and oxygen atoms in total. The number of nitrogens with zero attached hydrogens (tertiary/aromatic N) is 2. The first-order valence-electron chi connectivity index (χ1n) is 8.12. The number of halogens is 2. The van der Waals surface area contributed by atoms with Crippen molar-refractivity contribution in [2.75, 3.05) is 39.3 Å². The van der Waals surface area contributed by atoms with E-state index in [4.69, 9.17) is 5.73 Å². The smallest absolute Gasteiger partial charge is 0.242 e. The van der Waals surface area contributed by atoms with Crippen LogP contribution in [0.1, 0.15) is 12.5 Å². The molecule has 8 heteroatoms. The molecule has 2 rings (SSSR count). The lowest BCUT2D eigenvalue weighted by atomic mass is 10.1. The van der Waals surface area contributed by atoms with E-state index in [-0.39, 0.29) is 55.6 Å². The van der Waals surface area contributed by atoms with E-state index in [0.29, 0.717) is 13.1 Å². The number of hydrogen-bond acceptors (Lipinski definition) is 4. The molecule has 1 aromatic rings. The summed E-state index contributed by atoms with van der Waals surface area (Å²) in [4.78, 5) is 27.9. The Morgan fingerprint density at radius 1 is 1.12 bits per heavy atom. The molecule has 1 atom stereocenters. The normalized spacial score (nSPS) is 15.5. The van der Waals surface area contributed by atoms with Gasteiger partial charge in [-0.05, 0) is 5.56 Å². The third-order valence-electron chi connectivity index (χ3n) is 4.19. The summed E-state index contributed by atoms with van der Waals surface area (Å²) in [5, 5.41) is 2.66. The SMILES string of the molecule is CC(CN)C(=O)NCC(=O)N1CCN(Cc2ccccc2)CC1.Cl.Cl. The van der Waals surface area contributed by atoms with Crippen LogP contribution < -0.4 is 11.1 Å². The Labute approximate surface area is 161 Å². The lowest BCUT2D eigenvalue weighted by molar-refractivity contribution is -0.135. The highest BCUT2D eigenvalue weighted by molar-refractivity contribution is 5.86. The lowest BCUT2D eigenvalue weighted by Gasteiger charge is -2.34. The molecular formula is C17H28Cl2N4O2. The molecule has 0 saturated carbocycles. The molecule has 1 fully saturated rings. The molecular weight excluding hydrogens is 363 g/mol. The number of benzene rings is 1. The number of piperazine rings is 1. The van der Waals surface area contributed by atoms with E-state index in [9.17, 15) is 9.59 Å². The average molecular weight is 391 g/mol. The maximum atomic E-state index is 12.1. The molecule has 0 radical (unpaired) electrons. The average Bonchev–Trinajstić information content (AvgIpc) is 2.60. The van der Waals surface area contributed by atoms with Crippen molar-refractivity contribution in [3.63, 3.8) is 0 Å². The highest BCUT2D eigenvalue weighted by atomic mass is 35.5. The van der Waals surface area contributed by atoms with E-state index in [2.05, 4.69) is 22.3 Å². The summed E-state index contributed by atoms with van der Waals surface area (Å²) < 4.78 is 0. The molecule has 1 aliphatic rings. The van der Waals surface area contributed by atoms with E-state index in [1.54, 1.807) is 6.92 Å². The van der Waals surface area contributed by atoms with Crippen LogP contribution in [0.25, 0.3) is 0 Å². The highest BCUT2D eigenvalue weighted by Gasteiger charge is 2.21. The number of carbonyl (C=O) groups excluding carboxylic acids is 2. The van der Waals surface area contributed by atoms with Crippen LogP contribution in [0.5, 0.6) is 0 Å². The van der Waals surface area contributed by atoms with Gasteiger partial charge in [-0.3, -0.25) is 14.5 Å². The number of amides is 2. The Bertz CT molecular complexity index is 523. The number of nitrogens with two attached hydrogens (primary N) is 1. The van der Waals surface area contributed by atoms with Crippen molar-refractivity contribution < 1.29 is 9.59 Å². The molecule has 0 aliphatic carbocycles. The molecule has 0 aromatic heterocycles. The molecule has 1 heterocycles. The minimum atomic E-state index is -0.259. The standard InChI is InChI=1S/C17H26N4O2.2ClH/c1-14(11-18)17(23)19-12-16(22)21-9-7-20(8-10-21)13-15-5-3-2-4-6-15;;/h2-6,14H,7-13,18H2,1H3,(H,19,23);2*1H. The zero-order chi connectivity index (χ0) is 16.7. The second-order valence-corrected chi connectivity index (χ2v) is 6.00. The molecule has 142 valence electrons. The van der Waals surface area contributed by atoms with E-state index < -0.39 is 0 Å². The number of carbonyl (C=O) groups is 2. The van der Waals surface area contributed by atoms with E-state index in [1.807, 2.05) is 23.1 Å². The fraction of sp³-hybridized carbons (Fsp3) is 0.529. The van der Waals surface area contributed by atoms with Gasteiger partial charge in [-0.25, -0.2) is 0 Å². The third-order valence-corrected chi connectivity index (χ3v) is 4.19. The fourth-order valence-corrected chi connectivity index (χ4v) is 2.55. The Kier molecular flexibility index (Phi) is 11.4. The van der Waals surface area contributed by atoms with E-state index in [1.165, 1.54) is 5.56 Å². The highest BCUT2D eigenvalue weighted by Crippen LogP contribution is 2.08. The summed E-state index contributed by atoms with van der Waals surface area (Å²) in [7, 11) is 0. The summed E-state index contributed by atoms with van der Waals surface area (Å²) in [5.41, 5.74) is 6.73. The van der Waals surface area contributed by atoms with Crippen LogP contribution in [0.4, 0.5) is 0 Å². The van der Waals surface area contributed by atoms with Crippen LogP contribution in [-0.4, -0.2) is 60.9 Å². The molecule has 1 unspecified atom stereocenters. The first-order valence-corrected chi connectivity index (χ1v) is 8.12. The quantitative estimate of drug-likeness (QED) is 0.755. The summed E-state index contributed by atoms with van der Waals surface area (Å²) in [6.07, 6.45) is 0. The van der Waals surface area contributed by atoms with Gasteiger partial charge in [0.15, 0.2) is 0 Å². The maximum Gasteiger partial charge on any atom is 0.242 e. The van der Waals surface area contributed by atoms with Crippen molar-refractivity contribution in [2.45, 2.75) is 13.5 Å². The first kappa shape index (κ1) is 23.7. The molecule has 1 aromatic carbocycles. The number of hydrogen-bond donors (Lipinski definition) is 2. The predicted octanol–water partition coefficient (Wildman–Crippen LogP) is 0.885. The van der Waals surface area contributed by atoms with Gasteiger partial charge in [-0.1, -0.05) is 37.3 Å². The minimum absolute atomic E-state index is 0. The van der Waals surface area contributed by atoms with Gasteiger partial charge in [0.25, 0.3) is 0 Å². The van der Waals surface area contributed by atoms with Crippen LogP contribution in [0, 0.1) is 5.92 Å². The van der Waals surface area contributed by atoms with Crippen molar-refractivity contribution >= 4 is 36.6 Å². The Hall–Kier alpha value is -1.34. The Morgan fingerprint density at radius 2 is 1.72 bits per heavy atom. The van der Waals surface area contributed by atoms with Crippen LogP contribution in [0.3, 0.4) is 0 Å². The fourth-order valence-electron chi connectivity index (χ4n) is 2.55. The van der Waals surface area contributed by atoms with Gasteiger partial charge < -0.3 is 16.0 Å². The van der Waals surface area contributed by atoms with Crippen LogP contribution >= 0.6 is 24.8 Å². The molecule has 0 bridgehead atoms. The minimum Gasteiger partial charge on any atom is -0.347 e. The van der Waals surface area contributed by atoms with Crippen molar-refractivity contribution in [1.29, 1.82) is 0 Å². The summed E-state index contributed by atoms with van der Waals surface area (Å²) >= 11 is 0. The predicted molar refractivity (Wildman–Crippen MR) is 104 cm³/mol. The zero-order valence-electron chi connectivity index (χ0n) is 14.5. The summed E-state index contributed by atoms with van der Waals surface area (Å²) in [6.45, 7) is 6.12. The monoisotopic (exact) mass is 390 g/mol. The van der Waals surface area contributed by atoms with Crippen LogP contribution in [-0.2, 0) is 16.1 Å². The number of nitrogens with one attached hydrogen (secondary N) is 1. The molecule has 3 N–H and O–H groups in total. The third kappa shape index (κ3) is 7.61. The van der Waals surface area contributed by atoms with Gasteiger partial charge >= 0.3 is 0 Å². The Morgan fingerprint density at radius 3 is 2.28 bits per heavy atom. The van der Waals surface area contributed by atoms with Crippen molar-refractivity contribution in [3.05, 3.63) is 35.9 Å². The van der Waals surface area contributed by atoms with Crippen molar-refractivity contribution in [1.82, 2.24) is 15.1 Å². The molecule has 25 heavy (non-hydrogen) atoms. The van der Waals surface area contributed by atoms with E-state index >= 15 is 0 Å². The van der Waals surface area contributed by atoms with Gasteiger partial charge in [0, 0.05) is 45.2 Å². The molecule has 1 aliphatic heterocycles. The first-order chi connectivity index (χ1) is 11.1. The van der Waals surface area contributed by atoms with Crippen molar-refractivity contribution in [2.24, 2.45) is 11.7 Å². The van der Waals surface area contributed by atoms with Gasteiger partial charge in [0.2, 0.25) is 11.8 Å². The van der Waals surface area contributed by atoms with Crippen LogP contribution in [0.2, 0.25) is 0 Å². The largest absolute Gasteiger partial charge is 0.347 e. The van der Waals surface area contributed by atoms with Crippen molar-refractivity contribution in [3.8, 4) is 0 Å².